The summed E-state index contributed by atoms with van der Waals surface area (Å²) in [6.07, 6.45) is 1.60. The van der Waals surface area contributed by atoms with Crippen molar-refractivity contribution in [1.29, 1.82) is 10.5 Å². The summed E-state index contributed by atoms with van der Waals surface area (Å²) in [5.74, 6) is -0.673. The van der Waals surface area contributed by atoms with E-state index in [1.807, 2.05) is 24.3 Å². The molecule has 32 heavy (non-hydrogen) atoms. The number of anilines is 1. The molecule has 2 N–H and O–H groups in total. The summed E-state index contributed by atoms with van der Waals surface area (Å²) in [7, 11) is 0. The zero-order chi connectivity index (χ0) is 22.9. The van der Waals surface area contributed by atoms with E-state index in [4.69, 9.17) is 10.00 Å². The van der Waals surface area contributed by atoms with Crippen LogP contribution in [0.15, 0.2) is 29.1 Å². The van der Waals surface area contributed by atoms with E-state index in [9.17, 15) is 14.9 Å². The predicted octanol–water partition coefficient (Wildman–Crippen LogP) is -0.0739. The quantitative estimate of drug-likeness (QED) is 0.564. The number of aromatic nitrogens is 1. The van der Waals surface area contributed by atoms with Gasteiger partial charge in [0.2, 0.25) is 0 Å². The number of morpholine rings is 1. The second-order valence-corrected chi connectivity index (χ2v) is 8.06. The van der Waals surface area contributed by atoms with Crippen LogP contribution in [0.3, 0.4) is 0 Å². The Hall–Kier alpha value is -3.44. The lowest BCUT2D eigenvalue weighted by atomic mass is 10.2. The highest BCUT2D eigenvalue weighted by Crippen LogP contribution is 2.13. The van der Waals surface area contributed by atoms with Crippen LogP contribution < -0.4 is 25.4 Å². The molecule has 1 aliphatic rings. The van der Waals surface area contributed by atoms with Crippen LogP contribution in [0.5, 0.6) is 0 Å². The third-order valence-electron chi connectivity index (χ3n) is 4.91. The van der Waals surface area contributed by atoms with E-state index in [-0.39, 0.29) is 22.3 Å². The SMILES string of the molecule is CCn1c(=O)/c(=C\Nc2cccc(CN3CCOCC3)c2)s/c1=C(/C#N)C(=O)NCC#N. The molecule has 0 unspecified atom stereocenters. The van der Waals surface area contributed by atoms with E-state index < -0.39 is 5.91 Å². The van der Waals surface area contributed by atoms with Gasteiger partial charge in [0.1, 0.15) is 21.8 Å². The van der Waals surface area contributed by atoms with Crippen LogP contribution in [-0.2, 0) is 22.6 Å². The van der Waals surface area contributed by atoms with Gasteiger partial charge in [-0.3, -0.25) is 19.1 Å². The van der Waals surface area contributed by atoms with Crippen LogP contribution >= 0.6 is 11.3 Å². The van der Waals surface area contributed by atoms with Crippen molar-refractivity contribution in [2.24, 2.45) is 0 Å². The summed E-state index contributed by atoms with van der Waals surface area (Å²) < 4.78 is 7.42. The maximum Gasteiger partial charge on any atom is 0.270 e. The fourth-order valence-corrected chi connectivity index (χ4v) is 4.41. The summed E-state index contributed by atoms with van der Waals surface area (Å²) in [5, 5.41) is 23.6. The zero-order valence-corrected chi connectivity index (χ0v) is 18.6. The van der Waals surface area contributed by atoms with Gasteiger partial charge in [0.05, 0.1) is 19.3 Å². The van der Waals surface area contributed by atoms with Gasteiger partial charge in [-0.05, 0) is 24.6 Å². The first-order valence-corrected chi connectivity index (χ1v) is 11.0. The van der Waals surface area contributed by atoms with Gasteiger partial charge >= 0.3 is 0 Å². The molecule has 1 aromatic heterocycles. The Labute approximate surface area is 189 Å². The highest BCUT2D eigenvalue weighted by atomic mass is 32.1. The predicted molar refractivity (Wildman–Crippen MR) is 122 cm³/mol. The Morgan fingerprint density at radius 3 is 2.78 bits per heavy atom. The van der Waals surface area contributed by atoms with Crippen LogP contribution in [-0.4, -0.2) is 48.2 Å². The van der Waals surface area contributed by atoms with Gasteiger partial charge in [-0.25, -0.2) is 0 Å². The topological polar surface area (TPSA) is 123 Å². The zero-order valence-electron chi connectivity index (χ0n) is 17.8. The molecule has 166 valence electrons. The van der Waals surface area contributed by atoms with Crippen molar-refractivity contribution in [1.82, 2.24) is 14.8 Å². The van der Waals surface area contributed by atoms with Gasteiger partial charge in [0.15, 0.2) is 5.57 Å². The minimum Gasteiger partial charge on any atom is -0.379 e. The standard InChI is InChI=1S/C22H24N6O3S/c1-2-28-21(30)19(32-22(28)18(13-24)20(29)25-7-6-23)14-26-17-5-3-4-16(12-17)15-27-8-10-31-11-9-27/h3-5,12,14,26H,2,7-11,15H2,1H3,(H,25,29)/b19-14+,22-18-. The summed E-state index contributed by atoms with van der Waals surface area (Å²) in [6.45, 7) is 5.97. The molecule has 2 heterocycles. The van der Waals surface area contributed by atoms with Crippen molar-refractivity contribution in [2.75, 3.05) is 38.2 Å². The molecule has 0 bridgehead atoms. The minimum absolute atomic E-state index is 0.184. The van der Waals surface area contributed by atoms with Gasteiger partial charge < -0.3 is 15.4 Å². The van der Waals surface area contributed by atoms with Gasteiger partial charge in [-0.2, -0.15) is 10.5 Å². The van der Waals surface area contributed by atoms with Gasteiger partial charge in [-0.15, -0.1) is 11.3 Å². The Bertz CT molecular complexity index is 1230. The molecular weight excluding hydrogens is 428 g/mol. The molecule has 2 aromatic rings. The Kier molecular flexibility index (Phi) is 8.17. The molecule has 1 amide bonds. The number of nitrogens with one attached hydrogen (secondary N) is 2. The number of rotatable bonds is 7. The number of hydrogen-bond donors (Lipinski definition) is 2. The molecule has 0 atom stereocenters. The van der Waals surface area contributed by atoms with Gasteiger partial charge in [0, 0.05) is 38.1 Å². The van der Waals surface area contributed by atoms with Crippen LogP contribution in [0.1, 0.15) is 12.5 Å². The van der Waals surface area contributed by atoms with E-state index in [0.717, 1.165) is 55.4 Å². The number of carbonyl (C=O) groups is 1. The number of benzene rings is 1. The van der Waals surface area contributed by atoms with Crippen molar-refractivity contribution in [3.63, 3.8) is 0 Å². The number of carbonyl (C=O) groups excluding carboxylic acids is 1. The van der Waals surface area contributed by atoms with Crippen molar-refractivity contribution in [3.8, 4) is 12.1 Å². The minimum atomic E-state index is -0.673. The molecule has 0 aliphatic carbocycles. The van der Waals surface area contributed by atoms with Crippen molar-refractivity contribution in [2.45, 2.75) is 20.0 Å². The van der Waals surface area contributed by atoms with Gasteiger partial charge in [-0.1, -0.05) is 12.1 Å². The van der Waals surface area contributed by atoms with E-state index in [2.05, 4.69) is 21.6 Å². The number of hydrogen-bond acceptors (Lipinski definition) is 8. The van der Waals surface area contributed by atoms with Crippen LogP contribution in [0, 0.1) is 22.7 Å². The lowest BCUT2D eigenvalue weighted by molar-refractivity contribution is -0.115. The normalized spacial score (nSPS) is 15.5. The highest BCUT2D eigenvalue weighted by Gasteiger charge is 2.15. The first kappa shape index (κ1) is 23.2. The Morgan fingerprint density at radius 2 is 2.09 bits per heavy atom. The second-order valence-electron chi connectivity index (χ2n) is 7.03. The summed E-state index contributed by atoms with van der Waals surface area (Å²) in [6, 6.07) is 11.6. The van der Waals surface area contributed by atoms with Crippen molar-refractivity contribution < 1.29 is 9.53 Å². The molecule has 1 aromatic carbocycles. The molecule has 0 spiro atoms. The molecule has 1 fully saturated rings. The number of ether oxygens (including phenoxy) is 1. The fourth-order valence-electron chi connectivity index (χ4n) is 3.32. The summed E-state index contributed by atoms with van der Waals surface area (Å²) in [5.41, 5.74) is 1.52. The molecule has 3 rings (SSSR count). The Balaban J connectivity index is 1.88. The maximum absolute atomic E-state index is 12.8. The monoisotopic (exact) mass is 452 g/mol. The lowest BCUT2D eigenvalue weighted by Crippen LogP contribution is -2.35. The maximum atomic E-state index is 12.8. The molecule has 0 saturated carbocycles. The van der Waals surface area contributed by atoms with E-state index in [1.54, 1.807) is 19.2 Å². The highest BCUT2D eigenvalue weighted by molar-refractivity contribution is 7.07. The Morgan fingerprint density at radius 1 is 1.31 bits per heavy atom. The molecule has 10 heteroatoms. The molecule has 1 aliphatic heterocycles. The second kappa shape index (κ2) is 11.3. The van der Waals surface area contributed by atoms with E-state index >= 15 is 0 Å². The molecule has 1 saturated heterocycles. The smallest absolute Gasteiger partial charge is 0.270 e. The molecule has 9 nitrogen and oxygen atoms in total. The lowest BCUT2D eigenvalue weighted by Gasteiger charge is -2.26. The number of nitrogens with zero attached hydrogens (tertiary/aromatic N) is 4. The third-order valence-corrected chi connectivity index (χ3v) is 6.04. The number of thiazole rings is 1. The van der Waals surface area contributed by atoms with E-state index in [0.29, 0.717) is 11.1 Å². The molecule has 0 radical (unpaired) electrons. The van der Waals surface area contributed by atoms with Crippen LogP contribution in [0.4, 0.5) is 5.69 Å². The first-order valence-electron chi connectivity index (χ1n) is 10.2. The van der Waals surface area contributed by atoms with Crippen molar-refractivity contribution >= 4 is 34.7 Å². The van der Waals surface area contributed by atoms with E-state index in [1.165, 1.54) is 4.57 Å². The van der Waals surface area contributed by atoms with Crippen LogP contribution in [0.2, 0.25) is 0 Å². The molecular formula is C22H24N6O3S. The first-order chi connectivity index (χ1) is 15.6. The third kappa shape index (κ3) is 5.62. The van der Waals surface area contributed by atoms with Crippen LogP contribution in [0.25, 0.3) is 11.8 Å². The average Bonchev–Trinajstić information content (AvgIpc) is 3.12. The number of nitriles is 2. The summed E-state index contributed by atoms with van der Waals surface area (Å²) in [4.78, 5) is 27.4. The van der Waals surface area contributed by atoms with Crippen molar-refractivity contribution in [3.05, 3.63) is 49.4 Å². The average molecular weight is 453 g/mol. The van der Waals surface area contributed by atoms with Gasteiger partial charge in [0.25, 0.3) is 11.5 Å². The number of amides is 1. The fraction of sp³-hybridized carbons (Fsp3) is 0.364. The summed E-state index contributed by atoms with van der Waals surface area (Å²) >= 11 is 1.06. The largest absolute Gasteiger partial charge is 0.379 e.